The van der Waals surface area contributed by atoms with Gasteiger partial charge in [0, 0.05) is 18.1 Å². The average Bonchev–Trinajstić information content (AvgIpc) is 2.16. The summed E-state index contributed by atoms with van der Waals surface area (Å²) in [4.78, 5) is 1.42. The summed E-state index contributed by atoms with van der Waals surface area (Å²) in [6.45, 7) is -0.356. The lowest BCUT2D eigenvalue weighted by atomic mass is 10.2. The molecule has 0 amide bonds. The quantitative estimate of drug-likeness (QED) is 0.765. The van der Waals surface area contributed by atoms with Gasteiger partial charge in [0.05, 0.1) is 6.54 Å². The molecule has 0 heterocycles. The molecule has 0 aliphatic carbocycles. The Balaban J connectivity index is 2.92. The molecule has 0 aliphatic heterocycles. The molecule has 1 aromatic carbocycles. The van der Waals surface area contributed by atoms with E-state index in [2.05, 4.69) is 15.9 Å². The Hall–Kier alpha value is -0.710. The van der Waals surface area contributed by atoms with Crippen LogP contribution in [0.4, 0.5) is 18.9 Å². The van der Waals surface area contributed by atoms with Gasteiger partial charge in [-0.05, 0) is 23.8 Å². The Bertz CT molecular complexity index is 330. The van der Waals surface area contributed by atoms with Gasteiger partial charge in [0.1, 0.15) is 5.82 Å². The van der Waals surface area contributed by atoms with Crippen LogP contribution in [-0.4, -0.2) is 20.0 Å². The van der Waals surface area contributed by atoms with E-state index in [4.69, 9.17) is 0 Å². The third-order valence-corrected chi connectivity index (χ3v) is 2.61. The highest BCUT2D eigenvalue weighted by molar-refractivity contribution is 9.08. The fraction of sp³-hybridized carbons (Fsp3) is 0.400. The largest absolute Gasteiger partial charge is 0.369 e. The summed E-state index contributed by atoms with van der Waals surface area (Å²) in [6.07, 6.45) is -2.40. The van der Waals surface area contributed by atoms with E-state index in [-0.39, 0.29) is 12.4 Å². The van der Waals surface area contributed by atoms with E-state index in [1.54, 1.807) is 7.05 Å². The molecule has 1 aromatic rings. The van der Waals surface area contributed by atoms with Gasteiger partial charge in [-0.1, -0.05) is 15.9 Å². The minimum atomic E-state index is -2.40. The molecule has 0 saturated heterocycles. The molecule has 0 N–H and O–H groups in total. The molecule has 0 spiro atoms. The second-order valence-electron chi connectivity index (χ2n) is 3.18. The molecular formula is C10H11BrF3N. The van der Waals surface area contributed by atoms with Crippen LogP contribution in [0.3, 0.4) is 0 Å². The lowest BCUT2D eigenvalue weighted by molar-refractivity contribution is 0.156. The topological polar surface area (TPSA) is 3.24 Å². The minimum Gasteiger partial charge on any atom is -0.369 e. The van der Waals surface area contributed by atoms with Crippen molar-refractivity contribution in [3.05, 3.63) is 29.6 Å². The molecule has 15 heavy (non-hydrogen) atoms. The van der Waals surface area contributed by atoms with Crippen molar-refractivity contribution in [2.75, 3.05) is 18.5 Å². The van der Waals surface area contributed by atoms with Gasteiger partial charge in [0.15, 0.2) is 0 Å². The van der Waals surface area contributed by atoms with Gasteiger partial charge in [-0.3, -0.25) is 0 Å². The maximum Gasteiger partial charge on any atom is 0.255 e. The highest BCUT2D eigenvalue weighted by atomic mass is 79.9. The zero-order chi connectivity index (χ0) is 11.4. The molecule has 5 heteroatoms. The van der Waals surface area contributed by atoms with Gasteiger partial charge in [0.25, 0.3) is 6.43 Å². The summed E-state index contributed by atoms with van der Waals surface area (Å²) in [6, 6.07) is 4.11. The van der Waals surface area contributed by atoms with Crippen molar-refractivity contribution in [3.63, 3.8) is 0 Å². The number of anilines is 1. The van der Waals surface area contributed by atoms with Crippen molar-refractivity contribution in [2.24, 2.45) is 0 Å². The van der Waals surface area contributed by atoms with Crippen LogP contribution in [0.1, 0.15) is 5.56 Å². The van der Waals surface area contributed by atoms with Crippen molar-refractivity contribution >= 4 is 21.6 Å². The molecule has 0 bridgehead atoms. The number of halogens is 4. The van der Waals surface area contributed by atoms with E-state index in [1.807, 2.05) is 0 Å². The number of hydrogen-bond acceptors (Lipinski definition) is 1. The van der Waals surface area contributed by atoms with Gasteiger partial charge in [-0.15, -0.1) is 0 Å². The zero-order valence-electron chi connectivity index (χ0n) is 8.18. The van der Waals surface area contributed by atoms with Crippen LogP contribution in [0.25, 0.3) is 0 Å². The lowest BCUT2D eigenvalue weighted by Crippen LogP contribution is -2.24. The first-order valence-corrected chi connectivity index (χ1v) is 5.50. The first-order valence-electron chi connectivity index (χ1n) is 4.38. The van der Waals surface area contributed by atoms with Crippen LogP contribution < -0.4 is 4.90 Å². The molecule has 0 aromatic heterocycles. The van der Waals surface area contributed by atoms with Crippen molar-refractivity contribution in [1.82, 2.24) is 0 Å². The minimum absolute atomic E-state index is 0.356. The number of benzene rings is 1. The van der Waals surface area contributed by atoms with E-state index < -0.39 is 6.43 Å². The monoisotopic (exact) mass is 281 g/mol. The van der Waals surface area contributed by atoms with Gasteiger partial charge >= 0.3 is 0 Å². The Morgan fingerprint density at radius 3 is 2.60 bits per heavy atom. The maximum absolute atomic E-state index is 12.9. The maximum atomic E-state index is 12.9. The average molecular weight is 282 g/mol. The zero-order valence-corrected chi connectivity index (χ0v) is 9.77. The smallest absolute Gasteiger partial charge is 0.255 e. The van der Waals surface area contributed by atoms with Gasteiger partial charge in [-0.25, -0.2) is 13.2 Å². The Labute approximate surface area is 95.0 Å². The number of alkyl halides is 3. The molecule has 0 aliphatic rings. The molecular weight excluding hydrogens is 271 g/mol. The Morgan fingerprint density at radius 1 is 1.40 bits per heavy atom. The summed E-state index contributed by atoms with van der Waals surface area (Å²) in [5.41, 5.74) is 1.28. The number of hydrogen-bond donors (Lipinski definition) is 0. The summed E-state index contributed by atoms with van der Waals surface area (Å²) in [5, 5.41) is 0.438. The Morgan fingerprint density at radius 2 is 2.07 bits per heavy atom. The molecule has 0 saturated carbocycles. The lowest BCUT2D eigenvalue weighted by Gasteiger charge is -2.21. The molecule has 0 radical (unpaired) electrons. The fourth-order valence-electron chi connectivity index (χ4n) is 1.34. The van der Waals surface area contributed by atoms with Crippen molar-refractivity contribution in [2.45, 2.75) is 11.8 Å². The first kappa shape index (κ1) is 12.4. The molecule has 0 unspecified atom stereocenters. The fourth-order valence-corrected chi connectivity index (χ4v) is 1.79. The van der Waals surface area contributed by atoms with Crippen molar-refractivity contribution in [3.8, 4) is 0 Å². The molecule has 84 valence electrons. The van der Waals surface area contributed by atoms with E-state index in [9.17, 15) is 13.2 Å². The van der Waals surface area contributed by atoms with E-state index >= 15 is 0 Å². The van der Waals surface area contributed by atoms with E-state index in [0.717, 1.165) is 0 Å². The van der Waals surface area contributed by atoms with Crippen molar-refractivity contribution in [1.29, 1.82) is 0 Å². The standard InChI is InChI=1S/C10H11BrF3N/c1-15(6-10(13)14)9-3-2-8(12)4-7(9)5-11/h2-4,10H,5-6H2,1H3. The molecule has 0 atom stereocenters. The van der Waals surface area contributed by atoms with Gasteiger partial charge in [-0.2, -0.15) is 0 Å². The molecule has 0 fully saturated rings. The van der Waals surface area contributed by atoms with Crippen LogP contribution in [0, 0.1) is 5.82 Å². The normalized spacial score (nSPS) is 10.8. The predicted octanol–water partition coefficient (Wildman–Crippen LogP) is 3.42. The summed E-state index contributed by atoms with van der Waals surface area (Å²) < 4.78 is 37.2. The van der Waals surface area contributed by atoms with Crippen LogP contribution >= 0.6 is 15.9 Å². The molecule has 1 rings (SSSR count). The second-order valence-corrected chi connectivity index (χ2v) is 3.74. The summed E-state index contributed by atoms with van der Waals surface area (Å²) >= 11 is 3.20. The van der Waals surface area contributed by atoms with E-state index in [0.29, 0.717) is 16.6 Å². The van der Waals surface area contributed by atoms with Gasteiger partial charge < -0.3 is 4.90 Å². The van der Waals surface area contributed by atoms with E-state index in [1.165, 1.54) is 23.1 Å². The SMILES string of the molecule is CN(CC(F)F)c1ccc(F)cc1CBr. The number of nitrogens with zero attached hydrogens (tertiary/aromatic N) is 1. The first-order chi connectivity index (χ1) is 7.04. The number of rotatable bonds is 4. The summed E-state index contributed by atoms with van der Waals surface area (Å²) in [5.74, 6) is -0.362. The highest BCUT2D eigenvalue weighted by Crippen LogP contribution is 2.23. The molecule has 1 nitrogen and oxygen atoms in total. The summed E-state index contributed by atoms with van der Waals surface area (Å²) in [7, 11) is 1.56. The van der Waals surface area contributed by atoms with Crippen LogP contribution in [0.15, 0.2) is 18.2 Å². The van der Waals surface area contributed by atoms with Crippen molar-refractivity contribution < 1.29 is 13.2 Å². The second kappa shape index (κ2) is 5.39. The predicted molar refractivity (Wildman–Crippen MR) is 58.3 cm³/mol. The van der Waals surface area contributed by atoms with Crippen LogP contribution in [-0.2, 0) is 5.33 Å². The Kier molecular flexibility index (Phi) is 4.45. The third kappa shape index (κ3) is 3.41. The highest BCUT2D eigenvalue weighted by Gasteiger charge is 2.12. The van der Waals surface area contributed by atoms with Crippen LogP contribution in [0.5, 0.6) is 0 Å². The third-order valence-electron chi connectivity index (χ3n) is 2.01. The van der Waals surface area contributed by atoms with Crippen LogP contribution in [0.2, 0.25) is 0 Å². The van der Waals surface area contributed by atoms with Gasteiger partial charge in [0.2, 0.25) is 0 Å².